The van der Waals surface area contributed by atoms with E-state index >= 15 is 0 Å². The summed E-state index contributed by atoms with van der Waals surface area (Å²) in [5.41, 5.74) is 1.27. The number of guanidine groups is 1. The Hall–Kier alpha value is -2.47. The van der Waals surface area contributed by atoms with E-state index in [1.165, 1.54) is 5.56 Å². The number of nitrogens with zero attached hydrogens (tertiary/aromatic N) is 2. The van der Waals surface area contributed by atoms with Gasteiger partial charge in [-0.05, 0) is 42.7 Å². The fourth-order valence-electron chi connectivity index (χ4n) is 3.35. The predicted octanol–water partition coefficient (Wildman–Crippen LogP) is 2.99. The zero-order valence-electron chi connectivity index (χ0n) is 16.9. The van der Waals surface area contributed by atoms with Crippen LogP contribution in [0.1, 0.15) is 17.7 Å². The minimum Gasteiger partial charge on any atom is -0.497 e. The van der Waals surface area contributed by atoms with Crippen LogP contribution < -0.4 is 10.1 Å². The van der Waals surface area contributed by atoms with Gasteiger partial charge in [0.25, 0.3) is 0 Å². The number of rotatable bonds is 9. The summed E-state index contributed by atoms with van der Waals surface area (Å²) in [6.07, 6.45) is 4.56. The van der Waals surface area contributed by atoms with Gasteiger partial charge in [0.1, 0.15) is 11.5 Å². The second-order valence-corrected chi connectivity index (χ2v) is 7.17. The third-order valence-electron chi connectivity index (χ3n) is 4.97. The molecule has 1 fully saturated rings. The highest BCUT2D eigenvalue weighted by atomic mass is 16.5. The molecule has 152 valence electrons. The first-order chi connectivity index (χ1) is 13.7. The van der Waals surface area contributed by atoms with Crippen LogP contribution in [0.4, 0.5) is 0 Å². The molecule has 0 aliphatic carbocycles. The minimum atomic E-state index is 0.573. The van der Waals surface area contributed by atoms with Gasteiger partial charge in [-0.15, -0.1) is 0 Å². The standard InChI is InChI=1S/C22H31N3O3/c1-25(16-19-11-15-27-17-19)22(24-13-10-21-4-3-14-28-21)23-12-9-18-5-7-20(26-2)8-6-18/h3-8,14,19H,9-13,15-17H2,1-2H3,(H,23,24). The van der Waals surface area contributed by atoms with E-state index in [1.54, 1.807) is 13.4 Å². The van der Waals surface area contributed by atoms with E-state index in [4.69, 9.17) is 18.9 Å². The maximum Gasteiger partial charge on any atom is 0.193 e. The smallest absolute Gasteiger partial charge is 0.193 e. The van der Waals surface area contributed by atoms with E-state index in [1.807, 2.05) is 24.3 Å². The number of benzene rings is 1. The maximum atomic E-state index is 5.52. The van der Waals surface area contributed by atoms with Gasteiger partial charge < -0.3 is 24.1 Å². The number of methoxy groups -OCH3 is 1. The molecule has 1 aromatic heterocycles. The van der Waals surface area contributed by atoms with Crippen LogP contribution in [0.3, 0.4) is 0 Å². The molecule has 2 aromatic rings. The summed E-state index contributed by atoms with van der Waals surface area (Å²) in [7, 11) is 3.79. The van der Waals surface area contributed by atoms with Crippen molar-refractivity contribution < 1.29 is 13.9 Å². The SMILES string of the molecule is COc1ccc(CCNC(=NCCc2ccco2)N(C)CC2CCOC2)cc1. The van der Waals surface area contributed by atoms with Crippen molar-refractivity contribution in [2.45, 2.75) is 19.3 Å². The van der Waals surface area contributed by atoms with Crippen LogP contribution in [0.5, 0.6) is 5.75 Å². The summed E-state index contributed by atoms with van der Waals surface area (Å²) < 4.78 is 16.1. The Bertz CT molecular complexity index is 707. The van der Waals surface area contributed by atoms with Crippen LogP contribution in [0.2, 0.25) is 0 Å². The first-order valence-corrected chi connectivity index (χ1v) is 9.97. The van der Waals surface area contributed by atoms with Crippen molar-refractivity contribution in [3.05, 3.63) is 54.0 Å². The third kappa shape index (κ3) is 6.30. The zero-order chi connectivity index (χ0) is 19.6. The van der Waals surface area contributed by atoms with Gasteiger partial charge >= 0.3 is 0 Å². The molecule has 28 heavy (non-hydrogen) atoms. The van der Waals surface area contributed by atoms with Crippen molar-refractivity contribution in [1.82, 2.24) is 10.2 Å². The Balaban J connectivity index is 1.53. The highest BCUT2D eigenvalue weighted by molar-refractivity contribution is 5.79. The molecule has 0 radical (unpaired) electrons. The van der Waals surface area contributed by atoms with Crippen molar-refractivity contribution in [3.8, 4) is 5.75 Å². The molecule has 2 heterocycles. The molecule has 3 rings (SSSR count). The average Bonchev–Trinajstić information content (AvgIpc) is 3.41. The fourth-order valence-corrected chi connectivity index (χ4v) is 3.35. The molecule has 1 unspecified atom stereocenters. The van der Waals surface area contributed by atoms with Crippen LogP contribution in [-0.4, -0.2) is 57.9 Å². The van der Waals surface area contributed by atoms with Gasteiger partial charge in [-0.2, -0.15) is 0 Å². The van der Waals surface area contributed by atoms with Crippen LogP contribution in [0.15, 0.2) is 52.1 Å². The lowest BCUT2D eigenvalue weighted by molar-refractivity contribution is 0.181. The van der Waals surface area contributed by atoms with Crippen molar-refractivity contribution in [1.29, 1.82) is 0 Å². The summed E-state index contributed by atoms with van der Waals surface area (Å²) in [6, 6.07) is 12.1. The number of furan rings is 1. The number of hydrogen-bond acceptors (Lipinski definition) is 4. The third-order valence-corrected chi connectivity index (χ3v) is 4.97. The second-order valence-electron chi connectivity index (χ2n) is 7.17. The first-order valence-electron chi connectivity index (χ1n) is 9.97. The molecule has 1 aliphatic rings. The monoisotopic (exact) mass is 385 g/mol. The predicted molar refractivity (Wildman–Crippen MR) is 111 cm³/mol. The van der Waals surface area contributed by atoms with Crippen molar-refractivity contribution in [3.63, 3.8) is 0 Å². The topological polar surface area (TPSA) is 59.2 Å². The van der Waals surface area contributed by atoms with Gasteiger partial charge in [0.2, 0.25) is 0 Å². The number of hydrogen-bond donors (Lipinski definition) is 1. The number of nitrogens with one attached hydrogen (secondary N) is 1. The van der Waals surface area contributed by atoms with Gasteiger partial charge in [-0.25, -0.2) is 0 Å². The summed E-state index contributed by atoms with van der Waals surface area (Å²) in [5.74, 6) is 3.36. The lowest BCUT2D eigenvalue weighted by Crippen LogP contribution is -2.42. The van der Waals surface area contributed by atoms with Crippen LogP contribution in [0.25, 0.3) is 0 Å². The molecule has 1 aliphatic heterocycles. The lowest BCUT2D eigenvalue weighted by atomic mass is 10.1. The van der Waals surface area contributed by atoms with Crippen molar-refractivity contribution >= 4 is 5.96 Å². The Labute approximate surface area is 167 Å². The highest BCUT2D eigenvalue weighted by Crippen LogP contribution is 2.14. The number of ether oxygens (including phenoxy) is 2. The summed E-state index contributed by atoms with van der Waals surface area (Å²) >= 11 is 0. The Morgan fingerprint density at radius 3 is 2.79 bits per heavy atom. The van der Waals surface area contributed by atoms with E-state index in [2.05, 4.69) is 29.4 Å². The number of aliphatic imine (C=N–C) groups is 1. The van der Waals surface area contributed by atoms with Crippen molar-refractivity contribution in [2.75, 3.05) is 47.0 Å². The van der Waals surface area contributed by atoms with Crippen molar-refractivity contribution in [2.24, 2.45) is 10.9 Å². The quantitative estimate of drug-likeness (QED) is 0.531. The molecule has 1 saturated heterocycles. The maximum absolute atomic E-state index is 5.52. The minimum absolute atomic E-state index is 0.573. The summed E-state index contributed by atoms with van der Waals surface area (Å²) in [6.45, 7) is 4.20. The highest BCUT2D eigenvalue weighted by Gasteiger charge is 2.19. The van der Waals surface area contributed by atoms with Crippen LogP contribution in [-0.2, 0) is 17.6 Å². The average molecular weight is 386 g/mol. The van der Waals surface area contributed by atoms with E-state index < -0.39 is 0 Å². The summed E-state index contributed by atoms with van der Waals surface area (Å²) in [4.78, 5) is 7.03. The van der Waals surface area contributed by atoms with Crippen LogP contribution in [0, 0.1) is 5.92 Å². The van der Waals surface area contributed by atoms with Gasteiger partial charge in [0, 0.05) is 45.6 Å². The second kappa shape index (κ2) is 10.8. The van der Waals surface area contributed by atoms with E-state index in [0.717, 1.165) is 63.0 Å². The molecular weight excluding hydrogens is 354 g/mol. The fraction of sp³-hybridized carbons (Fsp3) is 0.500. The normalized spacial score (nSPS) is 16.9. The molecule has 0 saturated carbocycles. The first kappa shape index (κ1) is 20.3. The van der Waals surface area contributed by atoms with E-state index in [-0.39, 0.29) is 0 Å². The Kier molecular flexibility index (Phi) is 7.79. The zero-order valence-corrected chi connectivity index (χ0v) is 16.9. The van der Waals surface area contributed by atoms with E-state index in [0.29, 0.717) is 12.5 Å². The van der Waals surface area contributed by atoms with Crippen LogP contribution >= 0.6 is 0 Å². The molecule has 1 aromatic carbocycles. The Morgan fingerprint density at radius 1 is 1.25 bits per heavy atom. The van der Waals surface area contributed by atoms with E-state index in [9.17, 15) is 0 Å². The molecular formula is C22H31N3O3. The van der Waals surface area contributed by atoms with Gasteiger partial charge in [-0.3, -0.25) is 4.99 Å². The molecule has 0 bridgehead atoms. The largest absolute Gasteiger partial charge is 0.497 e. The molecule has 1 N–H and O–H groups in total. The molecule has 6 heteroatoms. The van der Waals surface area contributed by atoms with Gasteiger partial charge in [-0.1, -0.05) is 12.1 Å². The molecule has 0 amide bonds. The summed E-state index contributed by atoms with van der Waals surface area (Å²) in [5, 5.41) is 3.52. The van der Waals surface area contributed by atoms with Gasteiger partial charge in [0.15, 0.2) is 5.96 Å². The lowest BCUT2D eigenvalue weighted by Gasteiger charge is -2.25. The Morgan fingerprint density at radius 2 is 2.11 bits per heavy atom. The molecule has 0 spiro atoms. The van der Waals surface area contributed by atoms with Gasteiger partial charge in [0.05, 0.1) is 20.0 Å². The molecule has 6 nitrogen and oxygen atoms in total. The molecule has 1 atom stereocenters.